The third-order valence-corrected chi connectivity index (χ3v) is 11.3. The zero-order valence-electron chi connectivity index (χ0n) is 29.1. The summed E-state index contributed by atoms with van der Waals surface area (Å²) in [6, 6.07) is 4.06. The number of alkyl halides is 1. The topological polar surface area (TPSA) is 143 Å². The minimum atomic E-state index is -0.972. The van der Waals surface area contributed by atoms with Gasteiger partial charge >= 0.3 is 12.1 Å². The summed E-state index contributed by atoms with van der Waals surface area (Å²) in [5, 5.41) is 10.4. The van der Waals surface area contributed by atoms with Gasteiger partial charge in [-0.2, -0.15) is 15.2 Å². The van der Waals surface area contributed by atoms with Crippen LogP contribution in [0.5, 0.6) is 6.01 Å². The van der Waals surface area contributed by atoms with Gasteiger partial charge in [0.05, 0.1) is 41.6 Å². The number of aromatic nitrogens is 2. The lowest BCUT2D eigenvalue weighted by Gasteiger charge is -2.36. The van der Waals surface area contributed by atoms with Crippen molar-refractivity contribution < 1.29 is 36.6 Å². The van der Waals surface area contributed by atoms with E-state index in [4.69, 9.17) is 29.3 Å². The molecule has 7 heterocycles. The molecule has 4 aromatic rings. The van der Waals surface area contributed by atoms with Crippen LogP contribution in [0.4, 0.5) is 29.7 Å². The Labute approximate surface area is 297 Å². The number of nitriles is 1. The first-order chi connectivity index (χ1) is 24.9. The van der Waals surface area contributed by atoms with Crippen LogP contribution in [-0.2, 0) is 22.7 Å². The number of rotatable bonds is 5. The molecule has 2 aromatic carbocycles. The fraction of sp³-hybridized carbons (Fsp3) is 0.514. The number of furan rings is 1. The monoisotopic (exact) mass is 717 g/mol. The SMILES string of the molecule is CC(C)(C)OC(=O)N1C[C@H]2C[C@@H]1CN2c1nc(OC[C@@]23CCCN2C[C@H](F)C3)nc2c(F)c(-c3c(F)ccc4oc(N)c(C#N)c34)c3c(c12)COC3. The van der Waals surface area contributed by atoms with E-state index in [1.165, 1.54) is 6.07 Å². The second kappa shape index (κ2) is 11.6. The molecule has 12 nitrogen and oxygen atoms in total. The van der Waals surface area contributed by atoms with Gasteiger partial charge in [-0.05, 0) is 69.8 Å². The number of nitrogens with two attached hydrogens (primary N) is 1. The van der Waals surface area contributed by atoms with Crippen molar-refractivity contribution >= 4 is 39.7 Å². The predicted octanol–water partition coefficient (Wildman–Crippen LogP) is 5.96. The summed E-state index contributed by atoms with van der Waals surface area (Å²) in [5.74, 6) is -1.40. The number of likely N-dealkylation sites (tertiary alicyclic amines) is 1. The molecular formula is C37H38F3N7O5. The lowest BCUT2D eigenvalue weighted by molar-refractivity contribution is 0.0214. The average molecular weight is 718 g/mol. The third-order valence-electron chi connectivity index (χ3n) is 11.3. The highest BCUT2D eigenvalue weighted by molar-refractivity contribution is 6.05. The Hall–Kier alpha value is -4.81. The first kappa shape index (κ1) is 33.1. The molecular weight excluding hydrogens is 679 g/mol. The minimum absolute atomic E-state index is 0.0263. The lowest BCUT2D eigenvalue weighted by atomic mass is 9.90. The number of nitrogens with zero attached hydrogens (tertiary/aromatic N) is 6. The molecule has 4 saturated heterocycles. The van der Waals surface area contributed by atoms with Crippen LogP contribution in [0.3, 0.4) is 0 Å². The molecule has 4 fully saturated rings. The number of carbonyl (C=O) groups excluding carboxylic acids is 1. The van der Waals surface area contributed by atoms with E-state index in [0.717, 1.165) is 25.5 Å². The summed E-state index contributed by atoms with van der Waals surface area (Å²) < 4.78 is 71.6. The quantitative estimate of drug-likeness (QED) is 0.261. The van der Waals surface area contributed by atoms with E-state index in [9.17, 15) is 14.4 Å². The largest absolute Gasteiger partial charge is 0.461 e. The van der Waals surface area contributed by atoms with Crippen molar-refractivity contribution in [3.8, 4) is 23.2 Å². The maximum absolute atomic E-state index is 17.5. The van der Waals surface area contributed by atoms with Gasteiger partial charge in [0.1, 0.15) is 52.7 Å². The van der Waals surface area contributed by atoms with E-state index in [0.29, 0.717) is 54.8 Å². The number of piperazine rings is 1. The van der Waals surface area contributed by atoms with Gasteiger partial charge in [-0.15, -0.1) is 0 Å². The Morgan fingerprint density at radius 1 is 1.12 bits per heavy atom. The summed E-state index contributed by atoms with van der Waals surface area (Å²) >= 11 is 0. The van der Waals surface area contributed by atoms with Crippen LogP contribution in [-0.4, -0.2) is 88.0 Å². The zero-order chi connectivity index (χ0) is 36.3. The molecule has 5 aliphatic rings. The number of nitrogen functional groups attached to an aromatic ring is 1. The number of hydrogen-bond donors (Lipinski definition) is 1. The average Bonchev–Trinajstić information content (AvgIpc) is 3.94. The van der Waals surface area contributed by atoms with Gasteiger partial charge in [0.2, 0.25) is 5.88 Å². The number of hydrogen-bond acceptors (Lipinski definition) is 11. The van der Waals surface area contributed by atoms with Crippen LogP contribution < -0.4 is 15.4 Å². The van der Waals surface area contributed by atoms with Crippen LogP contribution in [0.15, 0.2) is 16.5 Å². The van der Waals surface area contributed by atoms with E-state index in [1.54, 1.807) is 4.90 Å². The number of halogens is 3. The summed E-state index contributed by atoms with van der Waals surface area (Å²) in [6.45, 7) is 7.53. The summed E-state index contributed by atoms with van der Waals surface area (Å²) in [6.07, 6.45) is 1.28. The summed E-state index contributed by atoms with van der Waals surface area (Å²) in [5.41, 5.74) is 5.47. The van der Waals surface area contributed by atoms with Crippen molar-refractivity contribution in [3.05, 3.63) is 40.5 Å². The van der Waals surface area contributed by atoms with Gasteiger partial charge in [-0.1, -0.05) is 0 Å². The van der Waals surface area contributed by atoms with E-state index >= 15 is 8.78 Å². The highest BCUT2D eigenvalue weighted by Gasteiger charge is 2.50. The van der Waals surface area contributed by atoms with E-state index in [1.807, 2.05) is 26.8 Å². The first-order valence-electron chi connectivity index (χ1n) is 17.7. The third kappa shape index (κ3) is 4.97. The van der Waals surface area contributed by atoms with Crippen LogP contribution in [0.25, 0.3) is 33.0 Å². The van der Waals surface area contributed by atoms with Crippen molar-refractivity contribution in [1.82, 2.24) is 19.8 Å². The van der Waals surface area contributed by atoms with Crippen molar-refractivity contribution in [2.24, 2.45) is 0 Å². The van der Waals surface area contributed by atoms with Gasteiger partial charge < -0.3 is 34.2 Å². The van der Waals surface area contributed by atoms with E-state index in [2.05, 4.69) is 14.8 Å². The van der Waals surface area contributed by atoms with Gasteiger partial charge in [0, 0.05) is 37.2 Å². The maximum Gasteiger partial charge on any atom is 0.410 e. The number of carbonyl (C=O) groups is 1. The molecule has 9 rings (SSSR count). The van der Waals surface area contributed by atoms with Crippen LogP contribution in [0.2, 0.25) is 0 Å². The number of benzene rings is 2. The Bertz CT molecular complexity index is 2220. The molecule has 1 amide bonds. The molecule has 0 radical (unpaired) electrons. The molecule has 4 atom stereocenters. The van der Waals surface area contributed by atoms with Crippen molar-refractivity contribution in [2.45, 2.75) is 89.1 Å². The van der Waals surface area contributed by atoms with E-state index in [-0.39, 0.29) is 77.0 Å². The Morgan fingerprint density at radius 3 is 2.67 bits per heavy atom. The molecule has 2 N–H and O–H groups in total. The second-order valence-corrected chi connectivity index (χ2v) is 15.6. The number of ether oxygens (including phenoxy) is 3. The molecule has 272 valence electrons. The summed E-state index contributed by atoms with van der Waals surface area (Å²) in [4.78, 5) is 28.6. The highest BCUT2D eigenvalue weighted by Crippen LogP contribution is 2.48. The standard InChI is InChI=1S/C37H38F3N7O5/c1-36(2,3)52-35(48)47-14-19-9-20(47)13-46(19)33-28-23-16-49-15-22(23)27(29-24(39)5-6-25-26(29)21(11-41)32(42)51-25)30(40)31(28)43-34(44-33)50-17-37-7-4-8-45(37)12-18(38)10-37/h5-6,18-20H,4,7-10,12-17,42H2,1-3H3/t18-,19-,20-,37+/m1/s1. The molecule has 2 aromatic heterocycles. The Morgan fingerprint density at radius 2 is 1.92 bits per heavy atom. The fourth-order valence-electron chi connectivity index (χ4n) is 9.18. The molecule has 5 aliphatic heterocycles. The molecule has 0 spiro atoms. The Kier molecular flexibility index (Phi) is 7.37. The number of anilines is 2. The van der Waals surface area contributed by atoms with Gasteiger partial charge in [0.15, 0.2) is 5.82 Å². The minimum Gasteiger partial charge on any atom is -0.461 e. The normalized spacial score (nSPS) is 25.4. The molecule has 2 bridgehead atoms. The lowest BCUT2D eigenvalue weighted by Crippen LogP contribution is -2.50. The fourth-order valence-corrected chi connectivity index (χ4v) is 9.18. The zero-order valence-corrected chi connectivity index (χ0v) is 29.1. The summed E-state index contributed by atoms with van der Waals surface area (Å²) in [7, 11) is 0. The van der Waals surface area contributed by atoms with Gasteiger partial charge in [0.25, 0.3) is 0 Å². The number of amides is 1. The Balaban J connectivity index is 1.20. The number of fused-ring (bicyclic) bond motifs is 7. The van der Waals surface area contributed by atoms with Crippen LogP contribution >= 0.6 is 0 Å². The predicted molar refractivity (Wildman–Crippen MR) is 183 cm³/mol. The smallest absolute Gasteiger partial charge is 0.410 e. The molecule has 0 unspecified atom stereocenters. The van der Waals surface area contributed by atoms with E-state index < -0.39 is 35.0 Å². The van der Waals surface area contributed by atoms with Crippen molar-refractivity contribution in [3.63, 3.8) is 0 Å². The second-order valence-electron chi connectivity index (χ2n) is 15.6. The molecule has 0 saturated carbocycles. The van der Waals surface area contributed by atoms with Crippen molar-refractivity contribution in [2.75, 3.05) is 43.4 Å². The maximum atomic E-state index is 17.5. The van der Waals surface area contributed by atoms with Crippen LogP contribution in [0, 0.1) is 23.0 Å². The molecule has 15 heteroatoms. The van der Waals surface area contributed by atoms with Gasteiger partial charge in [-0.3, -0.25) is 4.90 Å². The molecule has 52 heavy (non-hydrogen) atoms. The van der Waals surface area contributed by atoms with Gasteiger partial charge in [-0.25, -0.2) is 18.0 Å². The van der Waals surface area contributed by atoms with Crippen LogP contribution in [0.1, 0.15) is 63.1 Å². The highest BCUT2D eigenvalue weighted by atomic mass is 19.1. The molecule has 0 aliphatic carbocycles. The first-order valence-corrected chi connectivity index (χ1v) is 17.7. The van der Waals surface area contributed by atoms with Crippen molar-refractivity contribution in [1.29, 1.82) is 5.26 Å².